The first-order valence-electron chi connectivity index (χ1n) is 8.51. The van der Waals surface area contributed by atoms with Crippen LogP contribution in [0.3, 0.4) is 0 Å². The van der Waals surface area contributed by atoms with Crippen LogP contribution in [0.15, 0.2) is 53.4 Å². The van der Waals surface area contributed by atoms with Gasteiger partial charge in [0.25, 0.3) is 5.91 Å². The second kappa shape index (κ2) is 9.29. The summed E-state index contributed by atoms with van der Waals surface area (Å²) in [6, 6.07) is 13.4. The van der Waals surface area contributed by atoms with E-state index < -0.39 is 21.8 Å². The van der Waals surface area contributed by atoms with Crippen molar-refractivity contribution in [1.82, 2.24) is 15.6 Å². The van der Waals surface area contributed by atoms with E-state index in [2.05, 4.69) is 15.6 Å². The lowest BCUT2D eigenvalue weighted by atomic mass is 10.1. The van der Waals surface area contributed by atoms with Gasteiger partial charge in [0, 0.05) is 18.5 Å². The highest BCUT2D eigenvalue weighted by Crippen LogP contribution is 2.14. The van der Waals surface area contributed by atoms with Crippen LogP contribution in [0.25, 0.3) is 0 Å². The number of sulfonamides is 1. The molecule has 0 aliphatic heterocycles. The molecule has 2 rings (SSSR count). The van der Waals surface area contributed by atoms with Crippen molar-refractivity contribution in [3.05, 3.63) is 65.2 Å². The summed E-state index contributed by atoms with van der Waals surface area (Å²) in [6.45, 7) is 3.88. The number of nitrogens with one attached hydrogen (secondary N) is 3. The van der Waals surface area contributed by atoms with Gasteiger partial charge < -0.3 is 0 Å². The van der Waals surface area contributed by atoms with Crippen LogP contribution in [0, 0.1) is 13.8 Å². The molecule has 144 valence electrons. The largest absolute Gasteiger partial charge is 0.273 e. The molecular weight excluding hydrogens is 366 g/mol. The molecule has 8 heteroatoms. The van der Waals surface area contributed by atoms with Gasteiger partial charge >= 0.3 is 0 Å². The number of hydrogen-bond acceptors (Lipinski definition) is 4. The van der Waals surface area contributed by atoms with Crippen molar-refractivity contribution in [1.29, 1.82) is 0 Å². The Hall–Kier alpha value is -2.71. The highest BCUT2D eigenvalue weighted by Gasteiger charge is 2.14. The van der Waals surface area contributed by atoms with Gasteiger partial charge in [-0.25, -0.2) is 13.1 Å². The van der Waals surface area contributed by atoms with Gasteiger partial charge in [0.1, 0.15) is 0 Å². The molecule has 7 nitrogen and oxygen atoms in total. The molecule has 3 N–H and O–H groups in total. The van der Waals surface area contributed by atoms with E-state index in [1.54, 1.807) is 48.5 Å². The fourth-order valence-corrected chi connectivity index (χ4v) is 3.43. The molecule has 0 saturated carbocycles. The van der Waals surface area contributed by atoms with Gasteiger partial charge in [-0.15, -0.1) is 0 Å². The number of hydrogen-bond donors (Lipinski definition) is 3. The predicted molar refractivity (Wildman–Crippen MR) is 102 cm³/mol. The first kappa shape index (κ1) is 20.6. The van der Waals surface area contributed by atoms with E-state index in [9.17, 15) is 18.0 Å². The molecular formula is C19H23N3O4S. The minimum absolute atomic E-state index is 0.0739. The Morgan fingerprint density at radius 2 is 1.63 bits per heavy atom. The Morgan fingerprint density at radius 1 is 0.926 bits per heavy atom. The lowest BCUT2D eigenvalue weighted by Gasteiger charge is -2.09. The molecule has 2 amide bonds. The lowest BCUT2D eigenvalue weighted by molar-refractivity contribution is -0.121. The number of carbonyl (C=O) groups excluding carboxylic acids is 2. The van der Waals surface area contributed by atoms with Gasteiger partial charge in [0.05, 0.1) is 4.90 Å². The van der Waals surface area contributed by atoms with Crippen LogP contribution in [-0.2, 0) is 14.8 Å². The van der Waals surface area contributed by atoms with E-state index in [1.807, 2.05) is 13.8 Å². The van der Waals surface area contributed by atoms with Gasteiger partial charge in [-0.2, -0.15) is 0 Å². The van der Waals surface area contributed by atoms with Crippen LogP contribution in [0.2, 0.25) is 0 Å². The van der Waals surface area contributed by atoms with Crippen molar-refractivity contribution in [3.63, 3.8) is 0 Å². The fourth-order valence-electron chi connectivity index (χ4n) is 2.27. The van der Waals surface area contributed by atoms with Crippen molar-refractivity contribution >= 4 is 21.8 Å². The van der Waals surface area contributed by atoms with Crippen molar-refractivity contribution in [3.8, 4) is 0 Å². The number of benzene rings is 2. The summed E-state index contributed by atoms with van der Waals surface area (Å²) in [7, 11) is -3.61. The second-order valence-electron chi connectivity index (χ2n) is 6.12. The maximum atomic E-state index is 12.2. The molecule has 0 fully saturated rings. The highest BCUT2D eigenvalue weighted by molar-refractivity contribution is 7.89. The van der Waals surface area contributed by atoms with E-state index >= 15 is 0 Å². The van der Waals surface area contributed by atoms with Crippen LogP contribution in [0.4, 0.5) is 0 Å². The number of rotatable bonds is 7. The molecule has 0 aromatic heterocycles. The maximum absolute atomic E-state index is 12.2. The summed E-state index contributed by atoms with van der Waals surface area (Å²) in [5.41, 5.74) is 6.97. The smallest absolute Gasteiger partial charge is 0.269 e. The molecule has 2 aromatic rings. The average molecular weight is 389 g/mol. The summed E-state index contributed by atoms with van der Waals surface area (Å²) < 4.78 is 27.0. The van der Waals surface area contributed by atoms with Crippen LogP contribution in [0.1, 0.15) is 34.3 Å². The van der Waals surface area contributed by atoms with Crippen LogP contribution >= 0.6 is 0 Å². The summed E-state index contributed by atoms with van der Waals surface area (Å²) in [4.78, 5) is 23.8. The number of amides is 2. The van der Waals surface area contributed by atoms with Gasteiger partial charge in [-0.3, -0.25) is 20.4 Å². The maximum Gasteiger partial charge on any atom is 0.269 e. The SMILES string of the molecule is Cc1ccc(S(=O)(=O)NCCCC(=O)NNC(=O)c2ccccc2)cc1C. The quantitative estimate of drug-likeness (QED) is 0.496. The number of hydrazine groups is 1. The molecule has 0 aliphatic rings. The molecule has 0 aliphatic carbocycles. The first-order chi connectivity index (χ1) is 12.8. The minimum Gasteiger partial charge on any atom is -0.273 e. The van der Waals surface area contributed by atoms with Gasteiger partial charge in [0.15, 0.2) is 0 Å². The Morgan fingerprint density at radius 3 is 2.30 bits per heavy atom. The molecule has 0 unspecified atom stereocenters. The van der Waals surface area contributed by atoms with E-state index in [4.69, 9.17) is 0 Å². The molecule has 0 atom stereocenters. The van der Waals surface area contributed by atoms with Gasteiger partial charge in [-0.1, -0.05) is 24.3 Å². The lowest BCUT2D eigenvalue weighted by Crippen LogP contribution is -2.41. The third kappa shape index (κ3) is 6.19. The Bertz CT molecular complexity index is 912. The summed E-state index contributed by atoms with van der Waals surface area (Å²) >= 11 is 0. The Balaban J connectivity index is 1.73. The van der Waals surface area contributed by atoms with Crippen LogP contribution in [-0.4, -0.2) is 26.8 Å². The molecule has 0 radical (unpaired) electrons. The number of carbonyl (C=O) groups is 2. The zero-order valence-corrected chi connectivity index (χ0v) is 16.1. The topological polar surface area (TPSA) is 104 Å². The number of aryl methyl sites for hydroxylation is 2. The monoisotopic (exact) mass is 389 g/mol. The van der Waals surface area contributed by atoms with Crippen LogP contribution < -0.4 is 15.6 Å². The zero-order valence-electron chi connectivity index (χ0n) is 15.3. The molecule has 0 bridgehead atoms. The Kier molecular flexibility index (Phi) is 7.09. The standard InChI is InChI=1S/C19H23N3O4S/c1-14-10-11-17(13-15(14)2)27(25,26)20-12-6-9-18(23)21-22-19(24)16-7-4-3-5-8-16/h3-5,7-8,10-11,13,20H,6,9,12H2,1-2H3,(H,21,23)(H,22,24). The first-order valence-corrected chi connectivity index (χ1v) is 9.99. The zero-order chi connectivity index (χ0) is 19.9. The molecule has 27 heavy (non-hydrogen) atoms. The summed E-state index contributed by atoms with van der Waals surface area (Å²) in [5, 5.41) is 0. The third-order valence-electron chi connectivity index (χ3n) is 4.01. The third-order valence-corrected chi connectivity index (χ3v) is 5.47. The van der Waals surface area contributed by atoms with Crippen molar-refractivity contribution in [2.24, 2.45) is 0 Å². The summed E-state index contributed by atoms with van der Waals surface area (Å²) in [5.74, 6) is -0.816. The van der Waals surface area contributed by atoms with E-state index in [0.717, 1.165) is 11.1 Å². The van der Waals surface area contributed by atoms with Gasteiger partial charge in [-0.05, 0) is 55.7 Å². The van der Waals surface area contributed by atoms with Gasteiger partial charge in [0.2, 0.25) is 15.9 Å². The van der Waals surface area contributed by atoms with E-state index in [1.165, 1.54) is 0 Å². The molecule has 2 aromatic carbocycles. The highest BCUT2D eigenvalue weighted by atomic mass is 32.2. The molecule has 0 heterocycles. The normalized spacial score (nSPS) is 11.0. The fraction of sp³-hybridized carbons (Fsp3) is 0.263. The van der Waals surface area contributed by atoms with Crippen molar-refractivity contribution < 1.29 is 18.0 Å². The van der Waals surface area contributed by atoms with Crippen molar-refractivity contribution in [2.75, 3.05) is 6.54 Å². The summed E-state index contributed by atoms with van der Waals surface area (Å²) in [6.07, 6.45) is 0.377. The second-order valence-corrected chi connectivity index (χ2v) is 7.88. The molecule has 0 spiro atoms. The molecule has 0 saturated heterocycles. The van der Waals surface area contributed by atoms with E-state index in [0.29, 0.717) is 12.0 Å². The van der Waals surface area contributed by atoms with Crippen LogP contribution in [0.5, 0.6) is 0 Å². The average Bonchev–Trinajstić information content (AvgIpc) is 2.66. The van der Waals surface area contributed by atoms with E-state index in [-0.39, 0.29) is 17.9 Å². The minimum atomic E-state index is -3.61. The predicted octanol–water partition coefficient (Wildman–Crippen LogP) is 1.82. The Labute approximate surface area is 159 Å². The van der Waals surface area contributed by atoms with Crippen molar-refractivity contribution in [2.45, 2.75) is 31.6 Å².